The number of nitrogens with zero attached hydrogens (tertiary/aromatic N) is 2. The summed E-state index contributed by atoms with van der Waals surface area (Å²) in [5, 5.41) is 10.5. The summed E-state index contributed by atoms with van der Waals surface area (Å²) in [6, 6.07) is 7.80. The number of aliphatic hydroxyl groups excluding tert-OH is 1. The highest BCUT2D eigenvalue weighted by atomic mass is 16.6. The van der Waals surface area contributed by atoms with Crippen LogP contribution in [0.4, 0.5) is 0 Å². The molecule has 1 spiro atoms. The summed E-state index contributed by atoms with van der Waals surface area (Å²) in [7, 11) is 0. The van der Waals surface area contributed by atoms with Crippen molar-refractivity contribution in [2.45, 2.75) is 62.9 Å². The van der Waals surface area contributed by atoms with E-state index in [0.717, 1.165) is 5.56 Å². The Hall–Kier alpha value is -2.97. The molecular formula is C28H34N2O6. The molecule has 8 heteroatoms. The maximum Gasteiger partial charge on any atom is 0.313 e. The van der Waals surface area contributed by atoms with Gasteiger partial charge in [0.25, 0.3) is 0 Å². The maximum atomic E-state index is 14.3. The number of carbonyl (C=O) groups excluding carboxylic acids is 3. The van der Waals surface area contributed by atoms with Crippen molar-refractivity contribution >= 4 is 17.8 Å². The highest BCUT2D eigenvalue weighted by Gasteiger charge is 2.76. The molecule has 36 heavy (non-hydrogen) atoms. The molecule has 2 fully saturated rings. The van der Waals surface area contributed by atoms with Gasteiger partial charge in [-0.15, -0.1) is 0 Å². The van der Waals surface area contributed by atoms with Crippen LogP contribution in [-0.4, -0.2) is 81.8 Å². The molecule has 1 N–H and O–H groups in total. The van der Waals surface area contributed by atoms with Gasteiger partial charge in [0.05, 0.1) is 18.6 Å². The number of fused-ring (bicyclic) bond motifs is 2. The lowest BCUT2D eigenvalue weighted by atomic mass is 9.73. The van der Waals surface area contributed by atoms with Crippen LogP contribution in [0.3, 0.4) is 0 Å². The Morgan fingerprint density at radius 2 is 1.81 bits per heavy atom. The summed E-state index contributed by atoms with van der Waals surface area (Å²) in [5.41, 5.74) is -1.46. The quantitative estimate of drug-likeness (QED) is 0.479. The molecule has 6 atom stereocenters. The molecule has 2 saturated heterocycles. The first kappa shape index (κ1) is 24.7. The second-order valence-corrected chi connectivity index (χ2v) is 10.4. The van der Waals surface area contributed by atoms with E-state index < -0.39 is 41.1 Å². The van der Waals surface area contributed by atoms with Crippen LogP contribution in [0.15, 0.2) is 54.6 Å². The van der Waals surface area contributed by atoms with Gasteiger partial charge in [-0.1, -0.05) is 55.5 Å². The van der Waals surface area contributed by atoms with Gasteiger partial charge in [0.1, 0.15) is 29.8 Å². The van der Waals surface area contributed by atoms with E-state index in [1.807, 2.05) is 69.3 Å². The summed E-state index contributed by atoms with van der Waals surface area (Å²) < 4.78 is 12.3. The van der Waals surface area contributed by atoms with Gasteiger partial charge in [0.15, 0.2) is 0 Å². The Morgan fingerprint density at radius 3 is 2.47 bits per heavy atom. The molecular weight excluding hydrogens is 460 g/mol. The maximum absolute atomic E-state index is 14.3. The number of aliphatic hydroxyl groups is 1. The zero-order chi connectivity index (χ0) is 25.7. The lowest BCUT2D eigenvalue weighted by Crippen LogP contribution is -2.60. The van der Waals surface area contributed by atoms with Crippen molar-refractivity contribution in [3.63, 3.8) is 0 Å². The minimum atomic E-state index is -1.34. The third-order valence-corrected chi connectivity index (χ3v) is 8.21. The van der Waals surface area contributed by atoms with Crippen molar-refractivity contribution < 1.29 is 29.0 Å². The molecule has 1 aromatic rings. The van der Waals surface area contributed by atoms with Crippen molar-refractivity contribution in [1.82, 2.24) is 9.80 Å². The average molecular weight is 495 g/mol. The first-order valence-corrected chi connectivity index (χ1v) is 12.8. The molecule has 192 valence electrons. The molecule has 1 unspecified atom stereocenters. The largest absolute Gasteiger partial charge is 0.461 e. The predicted molar refractivity (Wildman–Crippen MR) is 132 cm³/mol. The SMILES string of the molecule is CC[C@]12C=CCOC(=O)[C@H]1[C@H]1C(=O)N([C@@H](CO)Cc3ccccc3)C3C(=O)N(C(C)C)CC=C[C@@]31O2. The number of hydrogen-bond donors (Lipinski definition) is 1. The topological polar surface area (TPSA) is 96.4 Å². The summed E-state index contributed by atoms with van der Waals surface area (Å²) in [6.07, 6.45) is 8.10. The van der Waals surface area contributed by atoms with E-state index in [1.54, 1.807) is 11.0 Å². The van der Waals surface area contributed by atoms with Crippen LogP contribution < -0.4 is 0 Å². The fourth-order valence-electron chi connectivity index (χ4n) is 6.55. The smallest absolute Gasteiger partial charge is 0.313 e. The van der Waals surface area contributed by atoms with Crippen molar-refractivity contribution in [2.75, 3.05) is 19.8 Å². The Bertz CT molecular complexity index is 1100. The summed E-state index contributed by atoms with van der Waals surface area (Å²) in [6.45, 7) is 5.95. The number of likely N-dealkylation sites (tertiary alicyclic amines) is 1. The van der Waals surface area contributed by atoms with Gasteiger partial charge in [0, 0.05) is 12.6 Å². The Balaban J connectivity index is 1.67. The number of ether oxygens (including phenoxy) is 2. The van der Waals surface area contributed by atoms with Gasteiger partial charge in [-0.2, -0.15) is 0 Å². The Kier molecular flexibility index (Phi) is 6.29. The minimum Gasteiger partial charge on any atom is -0.461 e. The van der Waals surface area contributed by atoms with E-state index in [0.29, 0.717) is 19.4 Å². The fourth-order valence-corrected chi connectivity index (χ4v) is 6.55. The standard InChI is InChI=1S/C28H34N2O6/c1-4-27-12-9-15-35-26(34)22(27)21-24(32)30(20(17-31)16-19-10-6-5-7-11-19)23-25(33)29(18(2)3)14-8-13-28(21,23)36-27/h5-13,18,20-23,31H,4,14-17H2,1-3H3/t20-,21+,22-,23?,27+,28+/m1/s1. The van der Waals surface area contributed by atoms with Crippen LogP contribution >= 0.6 is 0 Å². The van der Waals surface area contributed by atoms with Crippen LogP contribution in [0.1, 0.15) is 32.8 Å². The second-order valence-electron chi connectivity index (χ2n) is 10.4. The van der Waals surface area contributed by atoms with Crippen LogP contribution in [0.5, 0.6) is 0 Å². The van der Waals surface area contributed by atoms with E-state index in [-0.39, 0.29) is 31.1 Å². The zero-order valence-corrected chi connectivity index (χ0v) is 21.0. The first-order valence-electron chi connectivity index (χ1n) is 12.8. The van der Waals surface area contributed by atoms with E-state index in [4.69, 9.17) is 9.47 Å². The molecule has 0 radical (unpaired) electrons. The van der Waals surface area contributed by atoms with E-state index >= 15 is 0 Å². The Labute approximate surface area is 211 Å². The average Bonchev–Trinajstić information content (AvgIpc) is 3.15. The summed E-state index contributed by atoms with van der Waals surface area (Å²) in [4.78, 5) is 45.1. The third kappa shape index (κ3) is 3.53. The first-order chi connectivity index (χ1) is 17.3. The molecule has 0 aromatic heterocycles. The molecule has 1 aromatic carbocycles. The normalized spacial score (nSPS) is 34.2. The van der Waals surface area contributed by atoms with Crippen molar-refractivity contribution in [3.05, 3.63) is 60.2 Å². The molecule has 2 amide bonds. The molecule has 0 aliphatic carbocycles. The highest BCUT2D eigenvalue weighted by molar-refractivity contribution is 5.99. The molecule has 4 aliphatic rings. The molecule has 0 saturated carbocycles. The number of cyclic esters (lactones) is 1. The van der Waals surface area contributed by atoms with Crippen LogP contribution in [0.25, 0.3) is 0 Å². The van der Waals surface area contributed by atoms with Crippen LogP contribution in [0.2, 0.25) is 0 Å². The monoisotopic (exact) mass is 494 g/mol. The summed E-state index contributed by atoms with van der Waals surface area (Å²) in [5.74, 6) is -2.91. The molecule has 0 bridgehead atoms. The second kappa shape index (κ2) is 9.16. The number of hydrogen-bond acceptors (Lipinski definition) is 6. The number of rotatable bonds is 6. The molecule has 4 aliphatic heterocycles. The van der Waals surface area contributed by atoms with Crippen LogP contribution in [-0.2, 0) is 30.3 Å². The van der Waals surface area contributed by atoms with Gasteiger partial charge in [-0.3, -0.25) is 14.4 Å². The third-order valence-electron chi connectivity index (χ3n) is 8.21. The molecule has 8 nitrogen and oxygen atoms in total. The lowest BCUT2D eigenvalue weighted by molar-refractivity contribution is -0.161. The molecule has 4 heterocycles. The summed E-state index contributed by atoms with van der Waals surface area (Å²) >= 11 is 0. The predicted octanol–water partition coefficient (Wildman–Crippen LogP) is 1.87. The zero-order valence-electron chi connectivity index (χ0n) is 21.0. The van der Waals surface area contributed by atoms with Gasteiger partial charge in [-0.25, -0.2) is 0 Å². The van der Waals surface area contributed by atoms with Crippen molar-refractivity contribution in [1.29, 1.82) is 0 Å². The van der Waals surface area contributed by atoms with Gasteiger partial charge in [-0.05, 0) is 38.3 Å². The fraction of sp³-hybridized carbons (Fsp3) is 0.536. The number of amides is 2. The van der Waals surface area contributed by atoms with Crippen molar-refractivity contribution in [2.24, 2.45) is 11.8 Å². The van der Waals surface area contributed by atoms with E-state index in [9.17, 15) is 19.5 Å². The lowest BCUT2D eigenvalue weighted by Gasteiger charge is -2.41. The number of carbonyl (C=O) groups is 3. The Morgan fingerprint density at radius 1 is 1.06 bits per heavy atom. The minimum absolute atomic E-state index is 0.105. The number of esters is 1. The highest BCUT2D eigenvalue weighted by Crippen LogP contribution is 2.58. The van der Waals surface area contributed by atoms with Gasteiger partial charge < -0.3 is 24.4 Å². The molecule has 5 rings (SSSR count). The number of benzene rings is 1. The van der Waals surface area contributed by atoms with E-state index in [1.165, 1.54) is 4.90 Å². The van der Waals surface area contributed by atoms with Gasteiger partial charge >= 0.3 is 5.97 Å². The van der Waals surface area contributed by atoms with E-state index in [2.05, 4.69) is 0 Å². The van der Waals surface area contributed by atoms with Crippen molar-refractivity contribution in [3.8, 4) is 0 Å². The van der Waals surface area contributed by atoms with Gasteiger partial charge in [0.2, 0.25) is 11.8 Å². The van der Waals surface area contributed by atoms with Crippen LogP contribution in [0, 0.1) is 11.8 Å².